The molecule has 1 aromatic carbocycles. The molecule has 0 aliphatic heterocycles. The lowest BCUT2D eigenvalue weighted by Crippen LogP contribution is -2.25. The summed E-state index contributed by atoms with van der Waals surface area (Å²) in [6.45, 7) is 5.50. The predicted molar refractivity (Wildman–Crippen MR) is 62.9 cm³/mol. The minimum Gasteiger partial charge on any atom is -0.442 e. The van der Waals surface area contributed by atoms with Crippen molar-refractivity contribution in [1.82, 2.24) is 0 Å². The summed E-state index contributed by atoms with van der Waals surface area (Å²) in [6, 6.07) is 7.96. The normalized spacial score (nSPS) is 16.6. The highest BCUT2D eigenvalue weighted by molar-refractivity contribution is 6.13. The summed E-state index contributed by atoms with van der Waals surface area (Å²) in [5, 5.41) is 0. The van der Waals surface area contributed by atoms with Gasteiger partial charge in [-0.2, -0.15) is 4.99 Å². The molecular weight excluding hydrogens is 202 g/mol. The number of hydrogen-bond acceptors (Lipinski definition) is 2. The number of hydrogen-bond donors (Lipinski definition) is 0. The molecule has 0 fully saturated rings. The van der Waals surface area contributed by atoms with E-state index >= 15 is 0 Å². The summed E-state index contributed by atoms with van der Waals surface area (Å²) in [6.07, 6.45) is 0.257. The van der Waals surface area contributed by atoms with E-state index in [1.54, 1.807) is 0 Å². The monoisotopic (exact) mass is 217 g/mol. The van der Waals surface area contributed by atoms with Gasteiger partial charge in [0.2, 0.25) is 0 Å². The zero-order valence-electron chi connectivity index (χ0n) is 9.78. The Balaban J connectivity index is 2.09. The van der Waals surface area contributed by atoms with Crippen molar-refractivity contribution in [3.8, 4) is 0 Å². The number of carbonyl (C=O) groups excluding carboxylic acids is 1. The highest BCUT2D eigenvalue weighted by Gasteiger charge is 2.23. The highest BCUT2D eigenvalue weighted by atomic mass is 16.6. The lowest BCUT2D eigenvalue weighted by molar-refractivity contribution is 0.0604. The second-order valence-electron chi connectivity index (χ2n) is 4.87. The number of nitrogens with zero attached hydrogens (tertiary/aromatic N) is 1. The molecule has 0 heterocycles. The van der Waals surface area contributed by atoms with Crippen LogP contribution in [0.1, 0.15) is 31.9 Å². The van der Waals surface area contributed by atoms with Crippen molar-refractivity contribution >= 4 is 11.8 Å². The van der Waals surface area contributed by atoms with E-state index in [1.807, 2.05) is 45.0 Å². The van der Waals surface area contributed by atoms with E-state index in [0.717, 1.165) is 17.7 Å². The van der Waals surface area contributed by atoms with Crippen LogP contribution in [0.3, 0.4) is 0 Å². The molecule has 0 N–H and O–H groups in total. The Hall–Kier alpha value is -1.64. The predicted octanol–water partition coefficient (Wildman–Crippen LogP) is 2.97. The standard InChI is InChI=1S/C13H15NO2/c1-13(2,3)16-12(15)14-11-8-9-6-4-5-7-10(9)11/h4-7H,8H2,1-3H3/b14-11+. The molecule has 3 nitrogen and oxygen atoms in total. The minimum absolute atomic E-state index is 0.482. The summed E-state index contributed by atoms with van der Waals surface area (Å²) < 4.78 is 5.13. The molecule has 2 rings (SSSR count). The van der Waals surface area contributed by atoms with Crippen molar-refractivity contribution in [2.24, 2.45) is 4.99 Å². The molecule has 84 valence electrons. The third-order valence-corrected chi connectivity index (χ3v) is 2.31. The van der Waals surface area contributed by atoms with Gasteiger partial charge in [-0.15, -0.1) is 0 Å². The molecule has 16 heavy (non-hydrogen) atoms. The molecule has 0 saturated carbocycles. The van der Waals surface area contributed by atoms with Crippen LogP contribution in [0.5, 0.6) is 0 Å². The van der Waals surface area contributed by atoms with Gasteiger partial charge >= 0.3 is 6.09 Å². The molecule has 3 heteroatoms. The van der Waals surface area contributed by atoms with E-state index < -0.39 is 11.7 Å². The number of amides is 1. The summed E-state index contributed by atoms with van der Waals surface area (Å²) in [5.41, 5.74) is 2.65. The molecular formula is C13H15NO2. The quantitative estimate of drug-likeness (QED) is 0.670. The lowest BCUT2D eigenvalue weighted by atomic mass is 9.86. The van der Waals surface area contributed by atoms with Gasteiger partial charge in [-0.25, -0.2) is 4.79 Å². The second kappa shape index (κ2) is 3.74. The van der Waals surface area contributed by atoms with Crippen molar-refractivity contribution in [3.63, 3.8) is 0 Å². The van der Waals surface area contributed by atoms with Gasteiger partial charge in [0.15, 0.2) is 0 Å². The second-order valence-corrected chi connectivity index (χ2v) is 4.87. The van der Waals surface area contributed by atoms with Crippen molar-refractivity contribution in [3.05, 3.63) is 35.4 Å². The smallest absolute Gasteiger partial charge is 0.434 e. The summed E-state index contributed by atoms with van der Waals surface area (Å²) >= 11 is 0. The molecule has 1 aromatic rings. The number of benzene rings is 1. The Morgan fingerprint density at radius 1 is 1.31 bits per heavy atom. The largest absolute Gasteiger partial charge is 0.442 e. The molecule has 1 amide bonds. The third kappa shape index (κ3) is 2.30. The average molecular weight is 217 g/mol. The van der Waals surface area contributed by atoms with E-state index in [2.05, 4.69) is 4.99 Å². The van der Waals surface area contributed by atoms with E-state index in [0.29, 0.717) is 0 Å². The molecule has 1 aliphatic rings. The zero-order chi connectivity index (χ0) is 11.8. The molecule has 0 radical (unpaired) electrons. The van der Waals surface area contributed by atoms with Gasteiger partial charge in [-0.05, 0) is 26.3 Å². The van der Waals surface area contributed by atoms with Crippen LogP contribution < -0.4 is 0 Å². The van der Waals surface area contributed by atoms with Crippen molar-refractivity contribution in [1.29, 1.82) is 0 Å². The first kappa shape index (κ1) is 10.9. The Labute approximate surface area is 95.2 Å². The van der Waals surface area contributed by atoms with Crippen molar-refractivity contribution < 1.29 is 9.53 Å². The Kier molecular flexibility index (Phi) is 2.54. The maximum absolute atomic E-state index is 11.5. The molecule has 0 atom stereocenters. The fourth-order valence-corrected chi connectivity index (χ4v) is 1.62. The summed E-state index contributed by atoms with van der Waals surface area (Å²) in [7, 11) is 0. The SMILES string of the molecule is CC(C)(C)OC(=O)/N=C1\Cc2ccccc21. The Bertz CT molecular complexity index is 455. The number of ether oxygens (including phenoxy) is 1. The van der Waals surface area contributed by atoms with Gasteiger partial charge in [0.05, 0.1) is 5.71 Å². The van der Waals surface area contributed by atoms with Gasteiger partial charge in [0.1, 0.15) is 5.60 Å². The first-order chi connectivity index (χ1) is 7.46. The maximum atomic E-state index is 11.5. The van der Waals surface area contributed by atoms with Gasteiger partial charge in [0, 0.05) is 12.0 Å². The van der Waals surface area contributed by atoms with E-state index in [-0.39, 0.29) is 0 Å². The highest BCUT2D eigenvalue weighted by Crippen LogP contribution is 2.23. The van der Waals surface area contributed by atoms with Crippen LogP contribution in [0.2, 0.25) is 0 Å². The molecule has 0 saturated heterocycles. The van der Waals surface area contributed by atoms with E-state index in [1.165, 1.54) is 5.56 Å². The van der Waals surface area contributed by atoms with Crippen LogP contribution in [0.25, 0.3) is 0 Å². The van der Waals surface area contributed by atoms with E-state index in [9.17, 15) is 4.79 Å². The van der Waals surface area contributed by atoms with Crippen LogP contribution in [0.4, 0.5) is 4.79 Å². The van der Waals surface area contributed by atoms with Crippen LogP contribution in [-0.2, 0) is 11.2 Å². The topological polar surface area (TPSA) is 38.7 Å². The third-order valence-electron chi connectivity index (χ3n) is 2.31. The number of rotatable bonds is 0. The van der Waals surface area contributed by atoms with Crippen LogP contribution in [-0.4, -0.2) is 17.4 Å². The molecule has 0 unspecified atom stereocenters. The van der Waals surface area contributed by atoms with Crippen LogP contribution >= 0.6 is 0 Å². The fraction of sp³-hybridized carbons (Fsp3) is 0.385. The molecule has 1 aliphatic carbocycles. The minimum atomic E-state index is -0.503. The fourth-order valence-electron chi connectivity index (χ4n) is 1.62. The van der Waals surface area contributed by atoms with E-state index in [4.69, 9.17) is 4.74 Å². The number of aliphatic imine (C=N–C) groups is 1. The molecule has 0 aromatic heterocycles. The molecule has 0 spiro atoms. The first-order valence-electron chi connectivity index (χ1n) is 5.34. The van der Waals surface area contributed by atoms with Crippen molar-refractivity contribution in [2.75, 3.05) is 0 Å². The zero-order valence-corrected chi connectivity index (χ0v) is 9.78. The molecule has 0 bridgehead atoms. The van der Waals surface area contributed by atoms with Gasteiger partial charge < -0.3 is 4.74 Å². The maximum Gasteiger partial charge on any atom is 0.434 e. The van der Waals surface area contributed by atoms with Gasteiger partial charge in [-0.1, -0.05) is 24.3 Å². The number of fused-ring (bicyclic) bond motifs is 1. The van der Waals surface area contributed by atoms with Crippen molar-refractivity contribution in [2.45, 2.75) is 32.8 Å². The number of carbonyl (C=O) groups is 1. The first-order valence-corrected chi connectivity index (χ1v) is 5.34. The van der Waals surface area contributed by atoms with Crippen LogP contribution in [0.15, 0.2) is 29.3 Å². The van der Waals surface area contributed by atoms with Crippen LogP contribution in [0, 0.1) is 0 Å². The lowest BCUT2D eigenvalue weighted by Gasteiger charge is -2.22. The van der Waals surface area contributed by atoms with Gasteiger partial charge in [0.25, 0.3) is 0 Å². The summed E-state index contributed by atoms with van der Waals surface area (Å²) in [5.74, 6) is 0. The Morgan fingerprint density at radius 3 is 2.62 bits per heavy atom. The Morgan fingerprint density at radius 2 is 2.00 bits per heavy atom. The van der Waals surface area contributed by atoms with Gasteiger partial charge in [-0.3, -0.25) is 0 Å². The average Bonchev–Trinajstić information content (AvgIpc) is 2.11. The summed E-state index contributed by atoms with van der Waals surface area (Å²) in [4.78, 5) is 15.4.